The minimum atomic E-state index is -1.68. The number of morpholine rings is 1. The van der Waals surface area contributed by atoms with Crippen LogP contribution in [0.25, 0.3) is 0 Å². The Morgan fingerprint density at radius 2 is 2.17 bits per heavy atom. The van der Waals surface area contributed by atoms with Crippen molar-refractivity contribution in [1.29, 1.82) is 0 Å². The van der Waals surface area contributed by atoms with Crippen molar-refractivity contribution in [2.75, 3.05) is 18.1 Å². The third kappa shape index (κ3) is 3.38. The predicted molar refractivity (Wildman–Crippen MR) is 81.5 cm³/mol. The molecule has 0 radical (unpaired) electrons. The van der Waals surface area contributed by atoms with E-state index < -0.39 is 30.1 Å². The number of pyridine rings is 1. The maximum atomic E-state index is 12.7. The van der Waals surface area contributed by atoms with E-state index >= 15 is 0 Å². The summed E-state index contributed by atoms with van der Waals surface area (Å²) >= 11 is 0. The molecular weight excluding hydrogens is 316 g/mol. The Bertz CT molecular complexity index is 672. The molecule has 0 aromatic carbocycles. The van der Waals surface area contributed by atoms with Crippen LogP contribution in [0.1, 0.15) is 31.4 Å². The lowest BCUT2D eigenvalue weighted by Gasteiger charge is -2.33. The van der Waals surface area contributed by atoms with Crippen molar-refractivity contribution in [1.82, 2.24) is 4.98 Å². The molecule has 1 N–H and O–H groups in total. The molecule has 2 fully saturated rings. The predicted octanol–water partition coefficient (Wildman–Crippen LogP) is 0.707. The van der Waals surface area contributed by atoms with E-state index in [4.69, 9.17) is 9.47 Å². The lowest BCUT2D eigenvalue weighted by molar-refractivity contribution is -0.177. The van der Waals surface area contributed by atoms with Gasteiger partial charge in [0.05, 0.1) is 13.2 Å². The Kier molecular flexibility index (Phi) is 4.48. The zero-order valence-corrected chi connectivity index (χ0v) is 13.2. The minimum Gasteiger partial charge on any atom is -0.478 e. The van der Waals surface area contributed by atoms with Crippen LogP contribution in [0.15, 0.2) is 18.2 Å². The highest BCUT2D eigenvalue weighted by Crippen LogP contribution is 2.39. The number of amides is 1. The second kappa shape index (κ2) is 6.56. The SMILES string of the molecule is CC(=O)O[C@@H](C(=O)O)C1OCCN(c2cccc(C3CC3)n2)C1=O. The molecule has 8 heteroatoms. The van der Waals surface area contributed by atoms with Crippen molar-refractivity contribution in [2.24, 2.45) is 0 Å². The van der Waals surface area contributed by atoms with Crippen molar-refractivity contribution >= 4 is 23.7 Å². The van der Waals surface area contributed by atoms with Crippen molar-refractivity contribution in [2.45, 2.75) is 37.9 Å². The van der Waals surface area contributed by atoms with Gasteiger partial charge in [-0.3, -0.25) is 14.5 Å². The van der Waals surface area contributed by atoms with Crippen LogP contribution in [0.2, 0.25) is 0 Å². The molecule has 1 aromatic rings. The number of anilines is 1. The number of hydrogen-bond donors (Lipinski definition) is 1. The molecule has 1 aliphatic heterocycles. The molecule has 2 heterocycles. The fraction of sp³-hybridized carbons (Fsp3) is 0.500. The first-order valence-corrected chi connectivity index (χ1v) is 7.77. The number of aliphatic carboxylic acids is 1. The Labute approximate surface area is 138 Å². The summed E-state index contributed by atoms with van der Waals surface area (Å²) in [6.45, 7) is 1.49. The van der Waals surface area contributed by atoms with E-state index in [1.807, 2.05) is 12.1 Å². The summed E-state index contributed by atoms with van der Waals surface area (Å²) in [4.78, 5) is 41.0. The van der Waals surface area contributed by atoms with Gasteiger partial charge in [-0.1, -0.05) is 6.07 Å². The number of aromatic nitrogens is 1. The number of ether oxygens (including phenoxy) is 2. The molecule has 1 saturated carbocycles. The van der Waals surface area contributed by atoms with Crippen LogP contribution >= 0.6 is 0 Å². The first kappa shape index (κ1) is 16.4. The Hall–Kier alpha value is -2.48. The van der Waals surface area contributed by atoms with Crippen LogP contribution in [0.4, 0.5) is 5.82 Å². The van der Waals surface area contributed by atoms with Crippen LogP contribution < -0.4 is 4.90 Å². The highest BCUT2D eigenvalue weighted by atomic mass is 16.6. The van der Waals surface area contributed by atoms with Gasteiger partial charge in [0, 0.05) is 18.5 Å². The fourth-order valence-corrected chi connectivity index (χ4v) is 2.67. The number of rotatable bonds is 5. The number of nitrogens with zero attached hydrogens (tertiary/aromatic N) is 2. The molecule has 0 spiro atoms. The highest BCUT2D eigenvalue weighted by Gasteiger charge is 2.43. The summed E-state index contributed by atoms with van der Waals surface area (Å²) in [6, 6.07) is 5.45. The normalized spacial score (nSPS) is 22.1. The van der Waals surface area contributed by atoms with Gasteiger partial charge in [0.2, 0.25) is 6.10 Å². The number of carboxylic acids is 1. The Morgan fingerprint density at radius 3 is 2.79 bits per heavy atom. The van der Waals surface area contributed by atoms with Crippen molar-refractivity contribution < 1.29 is 29.0 Å². The molecule has 1 amide bonds. The number of carbonyl (C=O) groups excluding carboxylic acids is 2. The highest BCUT2D eigenvalue weighted by molar-refractivity contribution is 5.99. The van der Waals surface area contributed by atoms with Crippen LogP contribution in [-0.4, -0.2) is 53.3 Å². The summed E-state index contributed by atoms with van der Waals surface area (Å²) in [6.07, 6.45) is -0.885. The molecule has 2 atom stereocenters. The van der Waals surface area contributed by atoms with Crippen molar-refractivity contribution in [3.63, 3.8) is 0 Å². The molecule has 3 rings (SSSR count). The number of esters is 1. The van der Waals surface area contributed by atoms with Crippen LogP contribution in [0.5, 0.6) is 0 Å². The van der Waals surface area contributed by atoms with Crippen LogP contribution in [0.3, 0.4) is 0 Å². The fourth-order valence-electron chi connectivity index (χ4n) is 2.67. The number of hydrogen-bond acceptors (Lipinski definition) is 6. The summed E-state index contributed by atoms with van der Waals surface area (Å²) in [5.41, 5.74) is 0.929. The van der Waals surface area contributed by atoms with Crippen LogP contribution in [-0.2, 0) is 23.9 Å². The molecule has 1 unspecified atom stereocenters. The molecule has 24 heavy (non-hydrogen) atoms. The number of carbonyl (C=O) groups is 3. The van der Waals surface area contributed by atoms with Gasteiger partial charge in [-0.05, 0) is 25.0 Å². The van der Waals surface area contributed by atoms with Gasteiger partial charge in [-0.15, -0.1) is 0 Å². The minimum absolute atomic E-state index is 0.136. The molecule has 8 nitrogen and oxygen atoms in total. The molecule has 128 valence electrons. The molecule has 1 aromatic heterocycles. The van der Waals surface area contributed by atoms with E-state index in [0.717, 1.165) is 25.5 Å². The second-order valence-electron chi connectivity index (χ2n) is 5.84. The van der Waals surface area contributed by atoms with Crippen molar-refractivity contribution in [3.8, 4) is 0 Å². The molecule has 1 aliphatic carbocycles. The third-order valence-electron chi connectivity index (χ3n) is 3.96. The molecular formula is C16H18N2O6. The van der Waals surface area contributed by atoms with E-state index in [-0.39, 0.29) is 13.2 Å². The lowest BCUT2D eigenvalue weighted by Crippen LogP contribution is -2.55. The quantitative estimate of drug-likeness (QED) is 0.790. The van der Waals surface area contributed by atoms with Gasteiger partial charge in [0.25, 0.3) is 5.91 Å². The summed E-state index contributed by atoms with van der Waals surface area (Å²) in [5, 5.41) is 9.23. The zero-order chi connectivity index (χ0) is 17.3. The summed E-state index contributed by atoms with van der Waals surface area (Å²) < 4.78 is 10.0. The van der Waals surface area contributed by atoms with Gasteiger partial charge in [0.1, 0.15) is 5.82 Å². The standard InChI is InChI=1S/C16H18N2O6/c1-9(19)24-14(16(21)22)13-15(20)18(7-8-23-13)12-4-2-3-11(17-12)10-5-6-10/h2-4,10,13-14H,5-8H2,1H3,(H,21,22)/t13?,14-/m1/s1. The molecule has 1 saturated heterocycles. The topological polar surface area (TPSA) is 106 Å². The van der Waals surface area contributed by atoms with Gasteiger partial charge in [0.15, 0.2) is 6.10 Å². The van der Waals surface area contributed by atoms with E-state index in [1.165, 1.54) is 4.90 Å². The average molecular weight is 334 g/mol. The largest absolute Gasteiger partial charge is 0.478 e. The van der Waals surface area contributed by atoms with E-state index in [1.54, 1.807) is 6.07 Å². The van der Waals surface area contributed by atoms with E-state index in [9.17, 15) is 19.5 Å². The van der Waals surface area contributed by atoms with Gasteiger partial charge in [-0.25, -0.2) is 9.78 Å². The van der Waals surface area contributed by atoms with Gasteiger partial charge >= 0.3 is 11.9 Å². The Morgan fingerprint density at radius 1 is 1.42 bits per heavy atom. The van der Waals surface area contributed by atoms with E-state index in [0.29, 0.717) is 11.7 Å². The van der Waals surface area contributed by atoms with Gasteiger partial charge < -0.3 is 14.6 Å². The average Bonchev–Trinajstić information content (AvgIpc) is 3.38. The monoisotopic (exact) mass is 334 g/mol. The molecule has 2 aliphatic rings. The van der Waals surface area contributed by atoms with E-state index in [2.05, 4.69) is 4.98 Å². The van der Waals surface area contributed by atoms with Crippen molar-refractivity contribution in [3.05, 3.63) is 23.9 Å². The zero-order valence-electron chi connectivity index (χ0n) is 13.2. The Balaban J connectivity index is 1.82. The smallest absolute Gasteiger partial charge is 0.348 e. The van der Waals surface area contributed by atoms with Crippen LogP contribution in [0, 0.1) is 0 Å². The summed E-state index contributed by atoms with van der Waals surface area (Å²) in [7, 11) is 0. The maximum Gasteiger partial charge on any atom is 0.348 e. The molecule has 0 bridgehead atoms. The first-order chi connectivity index (χ1) is 11.5. The second-order valence-corrected chi connectivity index (χ2v) is 5.84. The van der Waals surface area contributed by atoms with Gasteiger partial charge in [-0.2, -0.15) is 0 Å². The maximum absolute atomic E-state index is 12.7. The summed E-state index contributed by atoms with van der Waals surface area (Å²) in [5.74, 6) is -1.89. The lowest BCUT2D eigenvalue weighted by atomic mass is 10.1. The number of carboxylic acid groups (broad SMARTS) is 1. The first-order valence-electron chi connectivity index (χ1n) is 7.77. The third-order valence-corrected chi connectivity index (χ3v) is 3.96.